The summed E-state index contributed by atoms with van der Waals surface area (Å²) in [7, 11) is 0. The Kier molecular flexibility index (Phi) is 6.06. The van der Waals surface area contributed by atoms with E-state index in [-0.39, 0.29) is 5.91 Å². The minimum absolute atomic E-state index is 0.236. The van der Waals surface area contributed by atoms with E-state index in [2.05, 4.69) is 65.3 Å². The van der Waals surface area contributed by atoms with Gasteiger partial charge in [0.1, 0.15) is 0 Å². The highest BCUT2D eigenvalue weighted by Gasteiger charge is 2.19. The van der Waals surface area contributed by atoms with Gasteiger partial charge in [-0.2, -0.15) is 0 Å². The maximum Gasteiger partial charge on any atom is 0.227 e. The van der Waals surface area contributed by atoms with Crippen LogP contribution < -0.4 is 0 Å². The van der Waals surface area contributed by atoms with Crippen LogP contribution in [0.4, 0.5) is 0 Å². The van der Waals surface area contributed by atoms with E-state index in [9.17, 15) is 4.79 Å². The normalized spacial score (nSPS) is 15.3. The van der Waals surface area contributed by atoms with Crippen molar-refractivity contribution in [2.24, 2.45) is 0 Å². The molecule has 1 aliphatic heterocycles. The second-order valence-corrected chi connectivity index (χ2v) is 7.81. The number of hydrogen-bond acceptors (Lipinski definition) is 3. The Morgan fingerprint density at radius 2 is 1.69 bits per heavy atom. The van der Waals surface area contributed by atoms with Gasteiger partial charge in [-0.15, -0.1) is 0 Å². The molecule has 5 nitrogen and oxygen atoms in total. The standard InChI is InChI=1S/C24H28N4O/c1-20-3-5-21(6-4-20)17-24(29)27-13-2-12-26(15-16-27)18-22-7-9-23(10-8-22)28-14-11-25-19-28/h3-11,14,19H,2,12-13,15-18H2,1H3. The number of rotatable bonds is 5. The van der Waals surface area contributed by atoms with Crippen molar-refractivity contribution < 1.29 is 4.79 Å². The fourth-order valence-electron chi connectivity index (χ4n) is 3.81. The lowest BCUT2D eigenvalue weighted by Crippen LogP contribution is -2.36. The molecule has 1 amide bonds. The Hall–Kier alpha value is -2.92. The van der Waals surface area contributed by atoms with E-state index in [0.29, 0.717) is 6.42 Å². The van der Waals surface area contributed by atoms with Crippen LogP contribution >= 0.6 is 0 Å². The molecular formula is C24H28N4O. The van der Waals surface area contributed by atoms with Gasteiger partial charge in [-0.25, -0.2) is 4.98 Å². The Balaban J connectivity index is 1.30. The number of nitrogens with zero attached hydrogens (tertiary/aromatic N) is 4. The second kappa shape index (κ2) is 9.05. The summed E-state index contributed by atoms with van der Waals surface area (Å²) in [5.74, 6) is 0.236. The molecule has 1 aromatic heterocycles. The van der Waals surface area contributed by atoms with Gasteiger partial charge in [0.15, 0.2) is 0 Å². The summed E-state index contributed by atoms with van der Waals surface area (Å²) in [6, 6.07) is 16.9. The summed E-state index contributed by atoms with van der Waals surface area (Å²) in [5.41, 5.74) is 4.74. The largest absolute Gasteiger partial charge is 0.341 e. The van der Waals surface area contributed by atoms with Crippen LogP contribution in [0.25, 0.3) is 5.69 Å². The summed E-state index contributed by atoms with van der Waals surface area (Å²) in [4.78, 5) is 21.3. The number of aromatic nitrogens is 2. The number of benzene rings is 2. The van der Waals surface area contributed by atoms with E-state index in [1.807, 2.05) is 22.0 Å². The predicted octanol–water partition coefficient (Wildman–Crippen LogP) is 3.46. The Bertz CT molecular complexity index is 917. The molecule has 4 rings (SSSR count). The first-order valence-electron chi connectivity index (χ1n) is 10.3. The summed E-state index contributed by atoms with van der Waals surface area (Å²) >= 11 is 0. The summed E-state index contributed by atoms with van der Waals surface area (Å²) < 4.78 is 2.01. The first-order chi connectivity index (χ1) is 14.2. The van der Waals surface area contributed by atoms with Gasteiger partial charge >= 0.3 is 0 Å². The van der Waals surface area contributed by atoms with Crippen molar-refractivity contribution in [2.45, 2.75) is 26.3 Å². The zero-order valence-electron chi connectivity index (χ0n) is 17.0. The molecule has 5 heteroatoms. The van der Waals surface area contributed by atoms with Gasteiger partial charge in [0, 0.05) is 50.8 Å². The van der Waals surface area contributed by atoms with E-state index < -0.39 is 0 Å². The number of carbonyl (C=O) groups is 1. The average molecular weight is 389 g/mol. The molecule has 0 unspecified atom stereocenters. The topological polar surface area (TPSA) is 41.4 Å². The van der Waals surface area contributed by atoms with Crippen LogP contribution in [0.1, 0.15) is 23.1 Å². The van der Waals surface area contributed by atoms with Crippen LogP contribution in [0.5, 0.6) is 0 Å². The third-order valence-corrected chi connectivity index (χ3v) is 5.56. The van der Waals surface area contributed by atoms with Crippen LogP contribution in [0.15, 0.2) is 67.3 Å². The highest BCUT2D eigenvalue weighted by atomic mass is 16.2. The molecule has 2 heterocycles. The van der Waals surface area contributed by atoms with Gasteiger partial charge in [-0.1, -0.05) is 42.0 Å². The number of aryl methyl sites for hydroxylation is 1. The summed E-state index contributed by atoms with van der Waals surface area (Å²) in [6.45, 7) is 6.59. The van der Waals surface area contributed by atoms with Crippen molar-refractivity contribution in [1.82, 2.24) is 19.4 Å². The monoisotopic (exact) mass is 388 g/mol. The van der Waals surface area contributed by atoms with Crippen molar-refractivity contribution in [2.75, 3.05) is 26.2 Å². The zero-order valence-corrected chi connectivity index (χ0v) is 17.0. The fraction of sp³-hybridized carbons (Fsp3) is 0.333. The molecule has 0 bridgehead atoms. The van der Waals surface area contributed by atoms with Crippen molar-refractivity contribution in [3.05, 3.63) is 83.9 Å². The highest BCUT2D eigenvalue weighted by molar-refractivity contribution is 5.78. The van der Waals surface area contributed by atoms with Crippen LogP contribution in [0, 0.1) is 6.92 Å². The second-order valence-electron chi connectivity index (χ2n) is 7.81. The molecule has 0 N–H and O–H groups in total. The van der Waals surface area contributed by atoms with Gasteiger partial charge in [0.05, 0.1) is 12.7 Å². The van der Waals surface area contributed by atoms with Gasteiger partial charge < -0.3 is 9.47 Å². The molecule has 2 aromatic carbocycles. The van der Waals surface area contributed by atoms with Crippen molar-refractivity contribution in [3.8, 4) is 5.69 Å². The van der Waals surface area contributed by atoms with Gasteiger partial charge in [0.25, 0.3) is 0 Å². The van der Waals surface area contributed by atoms with E-state index >= 15 is 0 Å². The molecule has 0 saturated carbocycles. The molecule has 0 radical (unpaired) electrons. The molecule has 1 aliphatic rings. The lowest BCUT2D eigenvalue weighted by molar-refractivity contribution is -0.130. The van der Waals surface area contributed by atoms with Gasteiger partial charge in [-0.05, 0) is 36.6 Å². The molecule has 1 fully saturated rings. The van der Waals surface area contributed by atoms with E-state index in [4.69, 9.17) is 0 Å². The van der Waals surface area contributed by atoms with Gasteiger partial charge in [0.2, 0.25) is 5.91 Å². The molecular weight excluding hydrogens is 360 g/mol. The van der Waals surface area contributed by atoms with Gasteiger partial charge in [-0.3, -0.25) is 9.69 Å². The van der Waals surface area contributed by atoms with Crippen molar-refractivity contribution in [3.63, 3.8) is 0 Å². The number of carbonyl (C=O) groups excluding carboxylic acids is 1. The molecule has 0 aliphatic carbocycles. The van der Waals surface area contributed by atoms with Crippen LogP contribution in [-0.4, -0.2) is 51.4 Å². The summed E-state index contributed by atoms with van der Waals surface area (Å²) in [5, 5.41) is 0. The maximum atomic E-state index is 12.7. The van der Waals surface area contributed by atoms with Crippen LogP contribution in [0.2, 0.25) is 0 Å². The molecule has 0 atom stereocenters. The fourth-order valence-corrected chi connectivity index (χ4v) is 3.81. The zero-order chi connectivity index (χ0) is 20.1. The SMILES string of the molecule is Cc1ccc(CC(=O)N2CCCN(Cc3ccc(-n4ccnc4)cc3)CC2)cc1. The lowest BCUT2D eigenvalue weighted by atomic mass is 10.1. The van der Waals surface area contributed by atoms with E-state index in [1.165, 1.54) is 11.1 Å². The number of imidazole rings is 1. The molecule has 150 valence electrons. The van der Waals surface area contributed by atoms with E-state index in [1.54, 1.807) is 6.20 Å². The minimum atomic E-state index is 0.236. The van der Waals surface area contributed by atoms with Crippen LogP contribution in [-0.2, 0) is 17.8 Å². The molecule has 29 heavy (non-hydrogen) atoms. The van der Waals surface area contributed by atoms with Crippen LogP contribution in [0.3, 0.4) is 0 Å². The lowest BCUT2D eigenvalue weighted by Gasteiger charge is -2.22. The third-order valence-electron chi connectivity index (χ3n) is 5.56. The smallest absolute Gasteiger partial charge is 0.227 e. The minimum Gasteiger partial charge on any atom is -0.341 e. The molecule has 0 spiro atoms. The molecule has 1 saturated heterocycles. The van der Waals surface area contributed by atoms with Crippen molar-refractivity contribution >= 4 is 5.91 Å². The first-order valence-corrected chi connectivity index (χ1v) is 10.3. The predicted molar refractivity (Wildman–Crippen MR) is 115 cm³/mol. The quantitative estimate of drug-likeness (QED) is 0.672. The summed E-state index contributed by atoms with van der Waals surface area (Å²) in [6.07, 6.45) is 7.07. The Morgan fingerprint density at radius 1 is 0.931 bits per heavy atom. The Labute approximate surface area is 172 Å². The van der Waals surface area contributed by atoms with Crippen molar-refractivity contribution in [1.29, 1.82) is 0 Å². The number of amides is 1. The first kappa shape index (κ1) is 19.4. The Morgan fingerprint density at radius 3 is 2.41 bits per heavy atom. The van der Waals surface area contributed by atoms with E-state index in [0.717, 1.165) is 50.4 Å². The maximum absolute atomic E-state index is 12.7. The highest BCUT2D eigenvalue weighted by Crippen LogP contribution is 2.14. The third kappa shape index (κ3) is 5.12. The number of hydrogen-bond donors (Lipinski definition) is 0. The average Bonchev–Trinajstić information content (AvgIpc) is 3.17. The molecule has 3 aromatic rings.